The van der Waals surface area contributed by atoms with E-state index >= 15 is 0 Å². The van der Waals surface area contributed by atoms with Gasteiger partial charge in [0.05, 0.1) is 12.7 Å². The Hall–Kier alpha value is -0.380. The summed E-state index contributed by atoms with van der Waals surface area (Å²) in [5, 5.41) is 0. The van der Waals surface area contributed by atoms with Gasteiger partial charge in [-0.1, -0.05) is 6.08 Å². The van der Waals surface area contributed by atoms with Gasteiger partial charge in [0.25, 0.3) is 0 Å². The fraction of sp³-hybridized carbons (Fsp3) is 0.833. The summed E-state index contributed by atoms with van der Waals surface area (Å²) in [5.74, 6) is 0. The smallest absolute Gasteiger partial charge is 0.0831 e. The average Bonchev–Trinajstić information content (AvgIpc) is 3.05. The summed E-state index contributed by atoms with van der Waals surface area (Å²) in [7, 11) is 0. The van der Waals surface area contributed by atoms with E-state index in [1.807, 2.05) is 6.08 Å². The third-order valence-electron chi connectivity index (χ3n) is 2.28. The van der Waals surface area contributed by atoms with Gasteiger partial charge >= 0.3 is 0 Å². The van der Waals surface area contributed by atoms with Crippen LogP contribution in [0.2, 0.25) is 0 Å². The molecule has 1 atom stereocenters. The van der Waals surface area contributed by atoms with Crippen LogP contribution in [0.15, 0.2) is 12.7 Å². The normalized spacial score (nSPS) is 19.1. The van der Waals surface area contributed by atoms with Gasteiger partial charge in [-0.25, -0.2) is 0 Å². The van der Waals surface area contributed by atoms with Crippen molar-refractivity contribution in [1.29, 1.82) is 0 Å². The quantitative estimate of drug-likeness (QED) is 0.300. The minimum absolute atomic E-state index is 0.493. The Morgan fingerprint density at radius 2 is 1.80 bits per heavy atom. The molecule has 3 nitrogen and oxygen atoms in total. The first-order valence-electron chi connectivity index (χ1n) is 5.81. The molecule has 0 spiro atoms. The zero-order chi connectivity index (χ0) is 10.8. The zero-order valence-electron chi connectivity index (χ0n) is 9.45. The monoisotopic (exact) mass is 214 g/mol. The maximum atomic E-state index is 5.46. The van der Waals surface area contributed by atoms with Crippen LogP contribution in [0.1, 0.15) is 25.7 Å². The van der Waals surface area contributed by atoms with E-state index < -0.39 is 0 Å². The predicted molar refractivity (Wildman–Crippen MR) is 60.0 cm³/mol. The van der Waals surface area contributed by atoms with Crippen LogP contribution in [0.5, 0.6) is 0 Å². The molecule has 0 bridgehead atoms. The molecular formula is C12H22O3. The molecule has 15 heavy (non-hydrogen) atoms. The molecule has 1 heterocycles. The van der Waals surface area contributed by atoms with E-state index in [9.17, 15) is 0 Å². The maximum absolute atomic E-state index is 5.46. The second kappa shape index (κ2) is 8.89. The summed E-state index contributed by atoms with van der Waals surface area (Å²) < 4.78 is 15.9. The van der Waals surface area contributed by atoms with Gasteiger partial charge in [-0.3, -0.25) is 0 Å². The Balaban J connectivity index is 1.63. The van der Waals surface area contributed by atoms with Gasteiger partial charge in [-0.2, -0.15) is 0 Å². The number of hydrogen-bond acceptors (Lipinski definition) is 3. The van der Waals surface area contributed by atoms with Gasteiger partial charge in [0.15, 0.2) is 0 Å². The van der Waals surface area contributed by atoms with Gasteiger partial charge in [-0.15, -0.1) is 6.58 Å². The van der Waals surface area contributed by atoms with Crippen LogP contribution < -0.4 is 0 Å². The fourth-order valence-corrected chi connectivity index (χ4v) is 1.23. The Morgan fingerprint density at radius 1 is 1.13 bits per heavy atom. The Kier molecular flexibility index (Phi) is 7.52. The van der Waals surface area contributed by atoms with E-state index in [0.717, 1.165) is 58.7 Å². The van der Waals surface area contributed by atoms with Gasteiger partial charge in [0.1, 0.15) is 0 Å². The molecule has 0 aromatic rings. The van der Waals surface area contributed by atoms with Crippen molar-refractivity contribution < 1.29 is 14.2 Å². The Labute approximate surface area is 92.4 Å². The topological polar surface area (TPSA) is 31.0 Å². The Morgan fingerprint density at radius 3 is 2.40 bits per heavy atom. The van der Waals surface area contributed by atoms with Crippen LogP contribution in [0.4, 0.5) is 0 Å². The third kappa shape index (κ3) is 8.60. The van der Waals surface area contributed by atoms with Crippen LogP contribution in [-0.4, -0.2) is 39.1 Å². The van der Waals surface area contributed by atoms with Crippen molar-refractivity contribution in [1.82, 2.24) is 0 Å². The highest BCUT2D eigenvalue weighted by Crippen LogP contribution is 2.12. The molecule has 0 aromatic heterocycles. The highest BCUT2D eigenvalue weighted by molar-refractivity contribution is 4.67. The van der Waals surface area contributed by atoms with Crippen molar-refractivity contribution in [2.75, 3.05) is 33.0 Å². The van der Waals surface area contributed by atoms with Crippen molar-refractivity contribution in [3.05, 3.63) is 12.7 Å². The predicted octanol–water partition coefficient (Wildman–Crippen LogP) is 2.16. The fourth-order valence-electron chi connectivity index (χ4n) is 1.23. The zero-order valence-corrected chi connectivity index (χ0v) is 9.45. The van der Waals surface area contributed by atoms with Crippen molar-refractivity contribution in [2.45, 2.75) is 31.8 Å². The summed E-state index contributed by atoms with van der Waals surface area (Å²) in [5.41, 5.74) is 0. The van der Waals surface area contributed by atoms with Gasteiger partial charge < -0.3 is 14.2 Å². The van der Waals surface area contributed by atoms with Gasteiger partial charge in [-0.05, 0) is 25.7 Å². The lowest BCUT2D eigenvalue weighted by Crippen LogP contribution is -2.02. The van der Waals surface area contributed by atoms with Gasteiger partial charge in [0, 0.05) is 26.4 Å². The molecule has 1 aliphatic rings. The minimum Gasteiger partial charge on any atom is -0.381 e. The molecular weight excluding hydrogens is 192 g/mol. The lowest BCUT2D eigenvalue weighted by molar-refractivity contribution is 0.101. The number of epoxide rings is 1. The maximum Gasteiger partial charge on any atom is 0.0831 e. The summed E-state index contributed by atoms with van der Waals surface area (Å²) in [4.78, 5) is 0. The largest absolute Gasteiger partial charge is 0.381 e. The molecule has 1 unspecified atom stereocenters. The number of ether oxygens (including phenoxy) is 3. The highest BCUT2D eigenvalue weighted by Gasteiger charge is 2.21. The van der Waals surface area contributed by atoms with Crippen LogP contribution >= 0.6 is 0 Å². The SMILES string of the molecule is C=CCCOCCCCOCCC1CO1. The van der Waals surface area contributed by atoms with E-state index in [4.69, 9.17) is 14.2 Å². The molecule has 0 amide bonds. The summed E-state index contributed by atoms with van der Waals surface area (Å²) in [6, 6.07) is 0. The first kappa shape index (κ1) is 12.7. The van der Waals surface area contributed by atoms with Crippen molar-refractivity contribution in [3.63, 3.8) is 0 Å². The summed E-state index contributed by atoms with van der Waals surface area (Å²) >= 11 is 0. The molecule has 1 fully saturated rings. The van der Waals surface area contributed by atoms with E-state index in [1.165, 1.54) is 0 Å². The molecule has 1 aliphatic heterocycles. The first-order chi connectivity index (χ1) is 7.43. The molecule has 0 aliphatic carbocycles. The average molecular weight is 214 g/mol. The molecule has 1 rings (SSSR count). The number of rotatable bonds is 11. The molecule has 0 radical (unpaired) electrons. The summed E-state index contributed by atoms with van der Waals surface area (Å²) in [6.45, 7) is 7.88. The molecule has 0 N–H and O–H groups in total. The van der Waals surface area contributed by atoms with E-state index in [2.05, 4.69) is 6.58 Å². The number of hydrogen-bond donors (Lipinski definition) is 0. The first-order valence-corrected chi connectivity index (χ1v) is 5.81. The Bertz CT molecular complexity index is 155. The van der Waals surface area contributed by atoms with E-state index in [0.29, 0.717) is 6.10 Å². The molecule has 3 heteroatoms. The summed E-state index contributed by atoms with van der Waals surface area (Å²) in [6.07, 6.45) is 6.53. The van der Waals surface area contributed by atoms with Crippen LogP contribution in [-0.2, 0) is 14.2 Å². The lowest BCUT2D eigenvalue weighted by Gasteiger charge is -2.03. The van der Waals surface area contributed by atoms with Crippen molar-refractivity contribution >= 4 is 0 Å². The molecule has 0 aromatic carbocycles. The second-order valence-electron chi connectivity index (χ2n) is 3.75. The van der Waals surface area contributed by atoms with Gasteiger partial charge in [0.2, 0.25) is 0 Å². The van der Waals surface area contributed by atoms with E-state index in [-0.39, 0.29) is 0 Å². The molecule has 88 valence electrons. The molecule has 0 saturated carbocycles. The van der Waals surface area contributed by atoms with Crippen LogP contribution in [0.3, 0.4) is 0 Å². The highest BCUT2D eigenvalue weighted by atomic mass is 16.6. The standard InChI is InChI=1S/C12H22O3/c1-2-3-7-13-8-4-5-9-14-10-6-12-11-15-12/h2,12H,1,3-11H2. The molecule has 1 saturated heterocycles. The van der Waals surface area contributed by atoms with Crippen molar-refractivity contribution in [2.24, 2.45) is 0 Å². The minimum atomic E-state index is 0.493. The van der Waals surface area contributed by atoms with Crippen molar-refractivity contribution in [3.8, 4) is 0 Å². The second-order valence-corrected chi connectivity index (χ2v) is 3.75. The third-order valence-corrected chi connectivity index (χ3v) is 2.28. The van der Waals surface area contributed by atoms with Crippen LogP contribution in [0, 0.1) is 0 Å². The lowest BCUT2D eigenvalue weighted by atomic mass is 10.3. The van der Waals surface area contributed by atoms with E-state index in [1.54, 1.807) is 0 Å². The number of unbranched alkanes of at least 4 members (excludes halogenated alkanes) is 1. The van der Waals surface area contributed by atoms with Crippen LogP contribution in [0.25, 0.3) is 0 Å².